The van der Waals surface area contributed by atoms with E-state index in [9.17, 15) is 13.6 Å². The Kier molecular flexibility index (Phi) is 4.17. The molecule has 0 aliphatic heterocycles. The Morgan fingerprint density at radius 1 is 1.26 bits per heavy atom. The first-order chi connectivity index (χ1) is 12.8. The number of aryl methyl sites for hydroxylation is 1. The predicted octanol–water partition coefficient (Wildman–Crippen LogP) is 4.73. The predicted molar refractivity (Wildman–Crippen MR) is 98.9 cm³/mol. The molecular formula is C20H20F2N4O. The standard InChI is InChI=1S/C20H20F2N4O/c1-10(2)26-19-18(11(3)25-26)14(9-16(23-19)12-4-5-12)20(27)24-17-8-13(21)6-7-15(17)22/h6-10,12H,4-5H2,1-3H3,(H,24,27). The Bertz CT molecular complexity index is 1050. The molecule has 0 atom stereocenters. The van der Waals surface area contributed by atoms with Crippen LogP contribution in [0.25, 0.3) is 11.0 Å². The van der Waals surface area contributed by atoms with Crippen molar-refractivity contribution in [2.45, 2.75) is 45.6 Å². The number of benzene rings is 1. The summed E-state index contributed by atoms with van der Waals surface area (Å²) in [5, 5.41) is 7.67. The molecule has 1 saturated carbocycles. The van der Waals surface area contributed by atoms with Crippen molar-refractivity contribution in [1.29, 1.82) is 0 Å². The first-order valence-corrected chi connectivity index (χ1v) is 9.01. The molecule has 0 saturated heterocycles. The lowest BCUT2D eigenvalue weighted by atomic mass is 10.1. The van der Waals surface area contributed by atoms with Gasteiger partial charge in [0.05, 0.1) is 22.3 Å². The molecule has 2 aromatic heterocycles. The van der Waals surface area contributed by atoms with Crippen molar-refractivity contribution in [3.05, 3.63) is 52.9 Å². The third-order valence-electron chi connectivity index (χ3n) is 4.76. The van der Waals surface area contributed by atoms with Crippen LogP contribution in [0.5, 0.6) is 0 Å². The van der Waals surface area contributed by atoms with Crippen molar-refractivity contribution in [3.8, 4) is 0 Å². The molecule has 7 heteroatoms. The summed E-state index contributed by atoms with van der Waals surface area (Å²) in [5.41, 5.74) is 2.37. The zero-order chi connectivity index (χ0) is 19.3. The first kappa shape index (κ1) is 17.6. The third-order valence-corrected chi connectivity index (χ3v) is 4.76. The number of nitrogens with zero attached hydrogens (tertiary/aromatic N) is 3. The Morgan fingerprint density at radius 2 is 2.00 bits per heavy atom. The van der Waals surface area contributed by atoms with Crippen molar-refractivity contribution in [2.75, 3.05) is 5.32 Å². The summed E-state index contributed by atoms with van der Waals surface area (Å²) in [7, 11) is 0. The van der Waals surface area contributed by atoms with Crippen molar-refractivity contribution in [3.63, 3.8) is 0 Å². The number of carbonyl (C=O) groups is 1. The molecule has 1 fully saturated rings. The van der Waals surface area contributed by atoms with E-state index in [0.717, 1.165) is 36.7 Å². The number of hydrogen-bond acceptors (Lipinski definition) is 3. The fourth-order valence-corrected chi connectivity index (χ4v) is 3.24. The van der Waals surface area contributed by atoms with Crippen molar-refractivity contribution in [1.82, 2.24) is 14.8 Å². The third kappa shape index (κ3) is 3.18. The molecule has 1 aromatic carbocycles. The molecule has 4 rings (SSSR count). The topological polar surface area (TPSA) is 59.8 Å². The zero-order valence-corrected chi connectivity index (χ0v) is 15.4. The fourth-order valence-electron chi connectivity index (χ4n) is 3.24. The number of carbonyl (C=O) groups excluding carboxylic acids is 1. The summed E-state index contributed by atoms with van der Waals surface area (Å²) >= 11 is 0. The number of anilines is 1. The second kappa shape index (κ2) is 6.40. The van der Waals surface area contributed by atoms with Crippen LogP contribution in [-0.4, -0.2) is 20.7 Å². The Labute approximate surface area is 155 Å². The largest absolute Gasteiger partial charge is 0.319 e. The van der Waals surface area contributed by atoms with Gasteiger partial charge in [-0.2, -0.15) is 5.10 Å². The lowest BCUT2D eigenvalue weighted by molar-refractivity contribution is 0.102. The highest BCUT2D eigenvalue weighted by atomic mass is 19.1. The van der Waals surface area contributed by atoms with Gasteiger partial charge >= 0.3 is 0 Å². The highest BCUT2D eigenvalue weighted by molar-refractivity contribution is 6.12. The minimum atomic E-state index is -0.688. The van der Waals surface area contributed by atoms with Gasteiger partial charge < -0.3 is 5.32 Å². The van der Waals surface area contributed by atoms with Crippen LogP contribution in [0.2, 0.25) is 0 Å². The number of halogens is 2. The number of aromatic nitrogens is 3. The summed E-state index contributed by atoms with van der Waals surface area (Å²) in [6, 6.07) is 4.81. The number of fused-ring (bicyclic) bond motifs is 1. The molecule has 0 spiro atoms. The van der Waals surface area contributed by atoms with Crippen LogP contribution < -0.4 is 5.32 Å². The second-order valence-electron chi connectivity index (χ2n) is 7.27. The number of rotatable bonds is 4. The molecule has 27 heavy (non-hydrogen) atoms. The second-order valence-corrected chi connectivity index (χ2v) is 7.27. The maximum absolute atomic E-state index is 14.0. The minimum Gasteiger partial charge on any atom is -0.319 e. The van der Waals surface area contributed by atoms with E-state index in [1.54, 1.807) is 10.7 Å². The van der Waals surface area contributed by atoms with Gasteiger partial charge in [-0.05, 0) is 51.8 Å². The van der Waals surface area contributed by atoms with Crippen LogP contribution in [0, 0.1) is 18.6 Å². The van der Waals surface area contributed by atoms with E-state index in [1.807, 2.05) is 20.8 Å². The highest BCUT2D eigenvalue weighted by Crippen LogP contribution is 2.40. The lowest BCUT2D eigenvalue weighted by Crippen LogP contribution is -2.15. The van der Waals surface area contributed by atoms with E-state index in [1.165, 1.54) is 0 Å². The molecule has 0 bridgehead atoms. The monoisotopic (exact) mass is 370 g/mol. The number of nitrogens with one attached hydrogen (secondary N) is 1. The SMILES string of the molecule is Cc1nn(C(C)C)c2nc(C3CC3)cc(C(=O)Nc3cc(F)ccc3F)c12. The Balaban J connectivity index is 1.84. The lowest BCUT2D eigenvalue weighted by Gasteiger charge is -2.11. The normalized spacial score (nSPS) is 14.1. The van der Waals surface area contributed by atoms with Crippen molar-refractivity contribution >= 4 is 22.6 Å². The van der Waals surface area contributed by atoms with Gasteiger partial charge in [0.15, 0.2) is 5.65 Å². The summed E-state index contributed by atoms with van der Waals surface area (Å²) in [4.78, 5) is 17.7. The van der Waals surface area contributed by atoms with E-state index < -0.39 is 17.5 Å². The van der Waals surface area contributed by atoms with Crippen LogP contribution in [-0.2, 0) is 0 Å². The van der Waals surface area contributed by atoms with Crippen LogP contribution >= 0.6 is 0 Å². The van der Waals surface area contributed by atoms with E-state index in [2.05, 4.69) is 10.4 Å². The van der Waals surface area contributed by atoms with Crippen LogP contribution in [0.1, 0.15) is 60.4 Å². The van der Waals surface area contributed by atoms with Crippen molar-refractivity contribution in [2.24, 2.45) is 0 Å². The van der Waals surface area contributed by atoms with Gasteiger partial charge in [-0.3, -0.25) is 4.79 Å². The molecule has 1 aliphatic carbocycles. The average Bonchev–Trinajstić information content (AvgIpc) is 3.41. The molecule has 0 unspecified atom stereocenters. The molecule has 2 heterocycles. The van der Waals surface area contributed by atoms with E-state index in [4.69, 9.17) is 4.98 Å². The van der Waals surface area contributed by atoms with Gasteiger partial charge in [-0.15, -0.1) is 0 Å². The maximum atomic E-state index is 14.0. The molecule has 1 N–H and O–H groups in total. The first-order valence-electron chi connectivity index (χ1n) is 9.01. The van der Waals surface area contributed by atoms with Crippen LogP contribution in [0.15, 0.2) is 24.3 Å². The van der Waals surface area contributed by atoms with Gasteiger partial charge in [0.2, 0.25) is 0 Å². The van der Waals surface area contributed by atoms with Gasteiger partial charge in [0.25, 0.3) is 5.91 Å². The molecule has 1 amide bonds. The Morgan fingerprint density at radius 3 is 2.67 bits per heavy atom. The van der Waals surface area contributed by atoms with E-state index in [0.29, 0.717) is 28.2 Å². The van der Waals surface area contributed by atoms with E-state index in [-0.39, 0.29) is 11.7 Å². The molecule has 3 aromatic rings. The number of amides is 1. The molecule has 0 radical (unpaired) electrons. The summed E-state index contributed by atoms with van der Waals surface area (Å²) in [5.74, 6) is -1.47. The van der Waals surface area contributed by atoms with Crippen molar-refractivity contribution < 1.29 is 13.6 Å². The van der Waals surface area contributed by atoms with Gasteiger partial charge in [-0.1, -0.05) is 0 Å². The maximum Gasteiger partial charge on any atom is 0.256 e. The van der Waals surface area contributed by atoms with Crippen LogP contribution in [0.4, 0.5) is 14.5 Å². The minimum absolute atomic E-state index is 0.0831. The molecule has 140 valence electrons. The van der Waals surface area contributed by atoms with E-state index >= 15 is 0 Å². The van der Waals surface area contributed by atoms with Gasteiger partial charge in [0, 0.05) is 23.7 Å². The fraction of sp³-hybridized carbons (Fsp3) is 0.350. The quantitative estimate of drug-likeness (QED) is 0.722. The summed E-state index contributed by atoms with van der Waals surface area (Å²) in [6.45, 7) is 5.82. The number of hydrogen-bond donors (Lipinski definition) is 1. The van der Waals surface area contributed by atoms with Crippen LogP contribution in [0.3, 0.4) is 0 Å². The molecular weight excluding hydrogens is 350 g/mol. The smallest absolute Gasteiger partial charge is 0.256 e. The summed E-state index contributed by atoms with van der Waals surface area (Å²) < 4.78 is 29.2. The Hall–Kier alpha value is -2.83. The highest BCUT2D eigenvalue weighted by Gasteiger charge is 2.29. The van der Waals surface area contributed by atoms with Gasteiger partial charge in [0.1, 0.15) is 11.6 Å². The summed E-state index contributed by atoms with van der Waals surface area (Å²) in [6.07, 6.45) is 2.07. The van der Waals surface area contributed by atoms with Gasteiger partial charge in [-0.25, -0.2) is 18.4 Å². The average molecular weight is 370 g/mol. The number of pyridine rings is 1. The molecule has 5 nitrogen and oxygen atoms in total. The zero-order valence-electron chi connectivity index (χ0n) is 15.4. The molecule has 1 aliphatic rings.